The number of anilines is 2. The molecule has 0 radical (unpaired) electrons. The lowest BCUT2D eigenvalue weighted by atomic mass is 10.1. The fraction of sp³-hybridized carbons (Fsp3) is 0.176. The van der Waals surface area contributed by atoms with E-state index < -0.39 is 0 Å². The first-order chi connectivity index (χ1) is 10.9. The lowest BCUT2D eigenvalue weighted by molar-refractivity contribution is -0.120. The zero-order valence-electron chi connectivity index (χ0n) is 12.8. The van der Waals surface area contributed by atoms with Gasteiger partial charge < -0.3 is 10.2 Å². The van der Waals surface area contributed by atoms with Crippen LogP contribution in [0.4, 0.5) is 11.4 Å². The van der Waals surface area contributed by atoms with Gasteiger partial charge in [-0.05, 0) is 55.0 Å². The molecule has 0 fully saturated rings. The first-order valence-electron chi connectivity index (χ1n) is 6.96. The molecular formula is C17H16Cl2N2O2. The summed E-state index contributed by atoms with van der Waals surface area (Å²) in [5.74, 6) is -0.515. The third-order valence-corrected chi connectivity index (χ3v) is 3.75. The number of carbonyl (C=O) groups excluding carboxylic acids is 2. The van der Waals surface area contributed by atoms with Crippen molar-refractivity contribution in [2.24, 2.45) is 0 Å². The molecule has 0 unspecified atom stereocenters. The molecule has 2 aromatic carbocycles. The van der Waals surface area contributed by atoms with Crippen molar-refractivity contribution in [2.75, 3.05) is 16.8 Å². The molecule has 2 rings (SSSR count). The second-order valence-electron chi connectivity index (χ2n) is 5.09. The van der Waals surface area contributed by atoms with Crippen LogP contribution in [0, 0.1) is 6.92 Å². The van der Waals surface area contributed by atoms with Gasteiger partial charge in [-0.3, -0.25) is 9.59 Å². The van der Waals surface area contributed by atoms with Crippen LogP contribution in [0.25, 0.3) is 0 Å². The van der Waals surface area contributed by atoms with Crippen molar-refractivity contribution in [3.05, 3.63) is 58.1 Å². The molecule has 0 saturated heterocycles. The summed E-state index contributed by atoms with van der Waals surface area (Å²) < 4.78 is 0. The number of carbonyl (C=O) groups is 2. The zero-order chi connectivity index (χ0) is 17.0. The Balaban J connectivity index is 2.14. The molecule has 0 aliphatic rings. The van der Waals surface area contributed by atoms with Gasteiger partial charge in [-0.15, -0.1) is 0 Å². The fourth-order valence-electron chi connectivity index (χ4n) is 2.17. The molecular weight excluding hydrogens is 335 g/mol. The van der Waals surface area contributed by atoms with Gasteiger partial charge in [0, 0.05) is 28.3 Å². The van der Waals surface area contributed by atoms with Gasteiger partial charge in [0.15, 0.2) is 0 Å². The Kier molecular flexibility index (Phi) is 5.64. The number of rotatable bonds is 4. The Hall–Kier alpha value is -2.04. The van der Waals surface area contributed by atoms with Crippen molar-refractivity contribution < 1.29 is 9.59 Å². The summed E-state index contributed by atoms with van der Waals surface area (Å²) in [4.78, 5) is 25.5. The van der Waals surface area contributed by atoms with Crippen molar-refractivity contribution in [1.29, 1.82) is 0 Å². The number of nitrogens with one attached hydrogen (secondary N) is 1. The quantitative estimate of drug-likeness (QED) is 0.893. The maximum absolute atomic E-state index is 12.2. The monoisotopic (exact) mass is 350 g/mol. The van der Waals surface area contributed by atoms with Crippen molar-refractivity contribution in [3.8, 4) is 0 Å². The van der Waals surface area contributed by atoms with E-state index >= 15 is 0 Å². The second-order valence-corrected chi connectivity index (χ2v) is 5.96. The highest BCUT2D eigenvalue weighted by Crippen LogP contribution is 2.24. The van der Waals surface area contributed by atoms with E-state index in [4.69, 9.17) is 23.2 Å². The van der Waals surface area contributed by atoms with Gasteiger partial charge >= 0.3 is 0 Å². The van der Waals surface area contributed by atoms with E-state index in [2.05, 4.69) is 5.32 Å². The predicted octanol–water partition coefficient (Wildman–Crippen LogP) is 4.29. The van der Waals surface area contributed by atoms with Gasteiger partial charge in [-0.2, -0.15) is 0 Å². The molecule has 0 spiro atoms. The van der Waals surface area contributed by atoms with Crippen LogP contribution in [0.1, 0.15) is 12.5 Å². The van der Waals surface area contributed by atoms with E-state index in [9.17, 15) is 9.59 Å². The maximum atomic E-state index is 12.2. The van der Waals surface area contributed by atoms with Gasteiger partial charge in [0.25, 0.3) is 0 Å². The van der Waals surface area contributed by atoms with E-state index in [0.29, 0.717) is 21.4 Å². The topological polar surface area (TPSA) is 49.4 Å². The minimum absolute atomic E-state index is 0.0829. The molecule has 4 nitrogen and oxygen atoms in total. The van der Waals surface area contributed by atoms with Crippen LogP contribution >= 0.6 is 23.2 Å². The first kappa shape index (κ1) is 17.3. The van der Waals surface area contributed by atoms with E-state index in [0.717, 1.165) is 5.56 Å². The summed E-state index contributed by atoms with van der Waals surface area (Å²) in [6.07, 6.45) is 0. The summed E-state index contributed by atoms with van der Waals surface area (Å²) in [6.45, 7) is 3.18. The third-order valence-electron chi connectivity index (χ3n) is 3.26. The highest BCUT2D eigenvalue weighted by molar-refractivity contribution is 6.31. The van der Waals surface area contributed by atoms with Crippen LogP contribution in [0.3, 0.4) is 0 Å². The van der Waals surface area contributed by atoms with Crippen molar-refractivity contribution in [2.45, 2.75) is 13.8 Å². The summed E-state index contributed by atoms with van der Waals surface area (Å²) in [5.41, 5.74) is 2.11. The number of nitrogens with zero attached hydrogens (tertiary/aromatic N) is 1. The Bertz CT molecular complexity index is 730. The summed E-state index contributed by atoms with van der Waals surface area (Å²) in [7, 11) is 0. The van der Waals surface area contributed by atoms with Crippen molar-refractivity contribution in [1.82, 2.24) is 0 Å². The van der Waals surface area contributed by atoms with Crippen LogP contribution in [0.2, 0.25) is 10.0 Å². The summed E-state index contributed by atoms with van der Waals surface area (Å²) in [5, 5.41) is 3.91. The fourth-order valence-corrected chi connectivity index (χ4v) is 2.52. The molecule has 0 atom stereocenters. The standard InChI is InChI=1S/C17H16Cl2N2O2/c1-11-9-14(19)5-8-16(11)21(12(2)22)10-17(23)20-15-6-3-13(18)4-7-15/h3-9H,10H2,1-2H3,(H,20,23). The minimum atomic E-state index is -0.295. The van der Waals surface area contributed by atoms with E-state index in [1.54, 1.807) is 42.5 Å². The SMILES string of the molecule is CC(=O)N(CC(=O)Nc1ccc(Cl)cc1)c1ccc(Cl)cc1C. The zero-order valence-corrected chi connectivity index (χ0v) is 14.3. The average molecular weight is 351 g/mol. The molecule has 0 aliphatic carbocycles. The smallest absolute Gasteiger partial charge is 0.244 e. The van der Waals surface area contributed by atoms with E-state index in [1.807, 2.05) is 6.92 Å². The first-order valence-corrected chi connectivity index (χ1v) is 7.72. The van der Waals surface area contributed by atoms with Crippen LogP contribution in [-0.4, -0.2) is 18.4 Å². The second kappa shape index (κ2) is 7.49. The lowest BCUT2D eigenvalue weighted by Crippen LogP contribution is -2.37. The highest BCUT2D eigenvalue weighted by Gasteiger charge is 2.17. The lowest BCUT2D eigenvalue weighted by Gasteiger charge is -2.22. The normalized spacial score (nSPS) is 10.3. The Morgan fingerprint density at radius 1 is 1.04 bits per heavy atom. The number of aryl methyl sites for hydroxylation is 1. The highest BCUT2D eigenvalue weighted by atomic mass is 35.5. The molecule has 120 valence electrons. The van der Waals surface area contributed by atoms with Gasteiger partial charge in [0.05, 0.1) is 0 Å². The average Bonchev–Trinajstić information content (AvgIpc) is 2.48. The third kappa shape index (κ3) is 4.71. The molecule has 23 heavy (non-hydrogen) atoms. The van der Waals surface area contributed by atoms with Crippen molar-refractivity contribution in [3.63, 3.8) is 0 Å². The minimum Gasteiger partial charge on any atom is -0.325 e. The van der Waals surface area contributed by atoms with Crippen LogP contribution in [0.15, 0.2) is 42.5 Å². The van der Waals surface area contributed by atoms with E-state index in [-0.39, 0.29) is 18.4 Å². The molecule has 2 aromatic rings. The molecule has 0 saturated carbocycles. The Morgan fingerprint density at radius 2 is 1.65 bits per heavy atom. The molecule has 6 heteroatoms. The number of hydrogen-bond donors (Lipinski definition) is 1. The molecule has 1 N–H and O–H groups in total. The van der Waals surface area contributed by atoms with Gasteiger partial charge in [0.2, 0.25) is 11.8 Å². The number of hydrogen-bond acceptors (Lipinski definition) is 2. The van der Waals surface area contributed by atoms with E-state index in [1.165, 1.54) is 11.8 Å². The molecule has 0 aliphatic heterocycles. The predicted molar refractivity (Wildman–Crippen MR) is 94.3 cm³/mol. The van der Waals surface area contributed by atoms with Crippen LogP contribution in [-0.2, 0) is 9.59 Å². The van der Waals surface area contributed by atoms with Crippen molar-refractivity contribution >= 4 is 46.4 Å². The number of amides is 2. The maximum Gasteiger partial charge on any atom is 0.244 e. The largest absolute Gasteiger partial charge is 0.325 e. The van der Waals surface area contributed by atoms with Crippen LogP contribution in [0.5, 0.6) is 0 Å². The Morgan fingerprint density at radius 3 is 2.22 bits per heavy atom. The summed E-state index contributed by atoms with van der Waals surface area (Å²) in [6, 6.07) is 11.9. The summed E-state index contributed by atoms with van der Waals surface area (Å²) >= 11 is 11.7. The molecule has 0 aromatic heterocycles. The molecule has 2 amide bonds. The number of halogens is 2. The van der Waals surface area contributed by atoms with Crippen LogP contribution < -0.4 is 10.2 Å². The number of benzene rings is 2. The molecule has 0 bridgehead atoms. The van der Waals surface area contributed by atoms with Gasteiger partial charge in [-0.1, -0.05) is 23.2 Å². The Labute approximate surface area is 145 Å². The van der Waals surface area contributed by atoms with Gasteiger partial charge in [0.1, 0.15) is 6.54 Å². The van der Waals surface area contributed by atoms with Gasteiger partial charge in [-0.25, -0.2) is 0 Å². The molecule has 0 heterocycles.